The average molecular weight is 447 g/mol. The first-order chi connectivity index (χ1) is 15.4. The van der Waals surface area contributed by atoms with Gasteiger partial charge < -0.3 is 10.1 Å². The molecular weight excluding hydrogens is 424 g/mol. The first kappa shape index (κ1) is 21.7. The number of para-hydroxylation sites is 1. The molecule has 0 bridgehead atoms. The van der Waals surface area contributed by atoms with Crippen molar-refractivity contribution in [3.8, 4) is 5.75 Å². The minimum absolute atomic E-state index is 0.113. The van der Waals surface area contributed by atoms with E-state index in [1.165, 1.54) is 4.90 Å². The minimum Gasteiger partial charge on any atom is -0.496 e. The van der Waals surface area contributed by atoms with Crippen molar-refractivity contribution in [2.45, 2.75) is 20.4 Å². The lowest BCUT2D eigenvalue weighted by Gasteiger charge is -2.17. The SMILES string of the molecule is COc1ccccc1CN1C(=O)C(Nc2ccc(Cl)cc2C)=C(c2ccc(C)cc2)C1=O. The van der Waals surface area contributed by atoms with Gasteiger partial charge in [0.05, 0.1) is 19.2 Å². The Kier molecular flexibility index (Phi) is 6.01. The van der Waals surface area contributed by atoms with E-state index in [1.807, 2.05) is 68.4 Å². The van der Waals surface area contributed by atoms with Gasteiger partial charge in [-0.05, 0) is 49.2 Å². The van der Waals surface area contributed by atoms with Gasteiger partial charge in [0, 0.05) is 16.3 Å². The Morgan fingerprint density at radius 2 is 1.66 bits per heavy atom. The second-order valence-corrected chi connectivity index (χ2v) is 8.15. The van der Waals surface area contributed by atoms with E-state index in [9.17, 15) is 9.59 Å². The molecule has 0 fully saturated rings. The number of anilines is 1. The number of rotatable bonds is 6. The summed E-state index contributed by atoms with van der Waals surface area (Å²) in [5.74, 6) is -0.107. The van der Waals surface area contributed by atoms with Crippen molar-refractivity contribution in [2.75, 3.05) is 12.4 Å². The van der Waals surface area contributed by atoms with Gasteiger partial charge >= 0.3 is 0 Å². The lowest BCUT2D eigenvalue weighted by atomic mass is 10.0. The summed E-state index contributed by atoms with van der Waals surface area (Å²) < 4.78 is 5.41. The maximum atomic E-state index is 13.5. The zero-order chi connectivity index (χ0) is 22.8. The number of methoxy groups -OCH3 is 1. The molecule has 5 nitrogen and oxygen atoms in total. The Labute approximate surface area is 192 Å². The van der Waals surface area contributed by atoms with Crippen molar-refractivity contribution >= 4 is 34.7 Å². The molecule has 1 aliphatic rings. The Bertz CT molecular complexity index is 1230. The Balaban J connectivity index is 1.76. The van der Waals surface area contributed by atoms with Crippen LogP contribution in [0.25, 0.3) is 5.57 Å². The van der Waals surface area contributed by atoms with Crippen molar-refractivity contribution < 1.29 is 14.3 Å². The zero-order valence-corrected chi connectivity index (χ0v) is 18.9. The molecular formula is C26H23ClN2O3. The molecule has 0 spiro atoms. The maximum absolute atomic E-state index is 13.5. The van der Waals surface area contributed by atoms with Crippen LogP contribution in [0.2, 0.25) is 5.02 Å². The summed E-state index contributed by atoms with van der Waals surface area (Å²) in [6, 6.07) is 20.3. The molecule has 6 heteroatoms. The Morgan fingerprint density at radius 3 is 2.34 bits per heavy atom. The number of hydrogen-bond donors (Lipinski definition) is 1. The van der Waals surface area contributed by atoms with Crippen molar-refractivity contribution in [3.63, 3.8) is 0 Å². The number of benzene rings is 3. The number of hydrogen-bond acceptors (Lipinski definition) is 4. The van der Waals surface area contributed by atoms with Gasteiger partial charge in [-0.1, -0.05) is 59.6 Å². The van der Waals surface area contributed by atoms with Crippen molar-refractivity contribution in [1.82, 2.24) is 4.90 Å². The van der Waals surface area contributed by atoms with E-state index in [4.69, 9.17) is 16.3 Å². The highest BCUT2D eigenvalue weighted by Crippen LogP contribution is 2.33. The summed E-state index contributed by atoms with van der Waals surface area (Å²) >= 11 is 6.09. The van der Waals surface area contributed by atoms with Gasteiger partial charge in [-0.3, -0.25) is 14.5 Å². The third-order valence-electron chi connectivity index (χ3n) is 5.48. The number of carbonyl (C=O) groups is 2. The highest BCUT2D eigenvalue weighted by molar-refractivity contribution is 6.36. The summed E-state index contributed by atoms with van der Waals surface area (Å²) in [4.78, 5) is 28.2. The van der Waals surface area contributed by atoms with Crippen LogP contribution in [-0.4, -0.2) is 23.8 Å². The predicted molar refractivity (Wildman–Crippen MR) is 126 cm³/mol. The van der Waals surface area contributed by atoms with E-state index in [0.29, 0.717) is 27.6 Å². The zero-order valence-electron chi connectivity index (χ0n) is 18.1. The van der Waals surface area contributed by atoms with E-state index < -0.39 is 0 Å². The summed E-state index contributed by atoms with van der Waals surface area (Å²) in [7, 11) is 1.57. The number of aryl methyl sites for hydroxylation is 2. The van der Waals surface area contributed by atoms with Gasteiger partial charge in [0.15, 0.2) is 0 Å². The third-order valence-corrected chi connectivity index (χ3v) is 5.71. The largest absolute Gasteiger partial charge is 0.496 e. The fourth-order valence-electron chi connectivity index (χ4n) is 3.73. The average Bonchev–Trinajstić information content (AvgIpc) is 3.01. The second kappa shape index (κ2) is 8.89. The molecule has 0 radical (unpaired) electrons. The molecule has 0 saturated carbocycles. The van der Waals surface area contributed by atoms with Gasteiger partial charge in [-0.2, -0.15) is 0 Å². The Morgan fingerprint density at radius 1 is 0.938 bits per heavy atom. The summed E-state index contributed by atoms with van der Waals surface area (Å²) in [6.45, 7) is 3.99. The number of imide groups is 1. The number of ether oxygens (including phenoxy) is 1. The number of halogens is 1. The van der Waals surface area contributed by atoms with Crippen LogP contribution >= 0.6 is 11.6 Å². The normalized spacial score (nSPS) is 13.7. The van der Waals surface area contributed by atoms with Crippen LogP contribution in [0.3, 0.4) is 0 Å². The van der Waals surface area contributed by atoms with Crippen LogP contribution < -0.4 is 10.1 Å². The van der Waals surface area contributed by atoms with Crippen LogP contribution in [0.5, 0.6) is 5.75 Å². The Hall–Kier alpha value is -3.57. The fourth-order valence-corrected chi connectivity index (χ4v) is 3.96. The molecule has 2 amide bonds. The first-order valence-corrected chi connectivity index (χ1v) is 10.6. The van der Waals surface area contributed by atoms with Crippen LogP contribution in [0.1, 0.15) is 22.3 Å². The monoisotopic (exact) mass is 446 g/mol. The van der Waals surface area contributed by atoms with E-state index in [2.05, 4.69) is 5.32 Å². The van der Waals surface area contributed by atoms with E-state index in [-0.39, 0.29) is 24.1 Å². The number of amides is 2. The molecule has 32 heavy (non-hydrogen) atoms. The standard InChI is InChI=1S/C26H23ClN2O3/c1-16-8-10-18(11-9-16)23-24(28-21-13-12-20(27)14-17(21)2)26(31)29(25(23)30)15-19-6-4-5-7-22(19)32-3/h4-14,28H,15H2,1-3H3. The van der Waals surface area contributed by atoms with E-state index in [0.717, 1.165) is 16.7 Å². The molecule has 1 aliphatic heterocycles. The molecule has 0 atom stereocenters. The van der Waals surface area contributed by atoms with Gasteiger partial charge in [0.1, 0.15) is 11.4 Å². The molecule has 1 heterocycles. The molecule has 0 saturated heterocycles. The van der Waals surface area contributed by atoms with E-state index >= 15 is 0 Å². The minimum atomic E-state index is -0.383. The molecule has 0 aliphatic carbocycles. The lowest BCUT2D eigenvalue weighted by Crippen LogP contribution is -2.32. The van der Waals surface area contributed by atoms with Crippen molar-refractivity contribution in [3.05, 3.63) is 99.7 Å². The first-order valence-electron chi connectivity index (χ1n) is 10.2. The van der Waals surface area contributed by atoms with Crippen LogP contribution in [0.15, 0.2) is 72.4 Å². The molecule has 3 aromatic carbocycles. The third kappa shape index (κ3) is 4.12. The van der Waals surface area contributed by atoms with E-state index in [1.54, 1.807) is 19.2 Å². The molecule has 162 valence electrons. The topological polar surface area (TPSA) is 58.6 Å². The molecule has 1 N–H and O–H groups in total. The van der Waals surface area contributed by atoms with Gasteiger partial charge in [0.2, 0.25) is 0 Å². The van der Waals surface area contributed by atoms with Gasteiger partial charge in [-0.15, -0.1) is 0 Å². The molecule has 0 aromatic heterocycles. The smallest absolute Gasteiger partial charge is 0.278 e. The predicted octanol–water partition coefficient (Wildman–Crippen LogP) is 5.36. The number of nitrogens with zero attached hydrogens (tertiary/aromatic N) is 1. The highest BCUT2D eigenvalue weighted by atomic mass is 35.5. The molecule has 4 rings (SSSR count). The summed E-state index contributed by atoms with van der Waals surface area (Å²) in [6.07, 6.45) is 0. The van der Waals surface area contributed by atoms with Crippen LogP contribution in [0.4, 0.5) is 5.69 Å². The second-order valence-electron chi connectivity index (χ2n) is 7.71. The fraction of sp³-hybridized carbons (Fsp3) is 0.154. The lowest BCUT2D eigenvalue weighted by molar-refractivity contribution is -0.137. The van der Waals surface area contributed by atoms with Crippen molar-refractivity contribution in [2.24, 2.45) is 0 Å². The summed E-state index contributed by atoms with van der Waals surface area (Å²) in [5.41, 5.74) is 4.69. The van der Waals surface area contributed by atoms with Crippen LogP contribution in [0, 0.1) is 13.8 Å². The highest BCUT2D eigenvalue weighted by Gasteiger charge is 2.39. The number of nitrogens with one attached hydrogen (secondary N) is 1. The van der Waals surface area contributed by atoms with Gasteiger partial charge in [-0.25, -0.2) is 0 Å². The maximum Gasteiger partial charge on any atom is 0.278 e. The molecule has 3 aromatic rings. The summed E-state index contributed by atoms with van der Waals surface area (Å²) in [5, 5.41) is 3.81. The quantitative estimate of drug-likeness (QED) is 0.518. The van der Waals surface area contributed by atoms with Crippen LogP contribution in [-0.2, 0) is 16.1 Å². The van der Waals surface area contributed by atoms with Gasteiger partial charge in [0.25, 0.3) is 11.8 Å². The molecule has 0 unspecified atom stereocenters. The van der Waals surface area contributed by atoms with Crippen molar-refractivity contribution in [1.29, 1.82) is 0 Å². The number of carbonyl (C=O) groups excluding carboxylic acids is 2.